The van der Waals surface area contributed by atoms with Crippen molar-refractivity contribution >= 4 is 37.4 Å². The molecule has 108 valence electrons. The second kappa shape index (κ2) is 8.28. The minimum atomic E-state index is -2.85. The first-order chi connectivity index (χ1) is 8.96. The zero-order chi connectivity index (χ0) is 14.3. The van der Waals surface area contributed by atoms with Crippen LogP contribution in [-0.2, 0) is 16.3 Å². The van der Waals surface area contributed by atoms with E-state index < -0.39 is 9.84 Å². The van der Waals surface area contributed by atoms with E-state index in [1.807, 2.05) is 12.1 Å². The third-order valence-corrected chi connectivity index (χ3v) is 5.92. The third kappa shape index (κ3) is 6.77. The molecule has 1 unspecified atom stereocenters. The van der Waals surface area contributed by atoms with E-state index in [-0.39, 0.29) is 11.5 Å². The second-order valence-corrected chi connectivity index (χ2v) is 8.43. The van der Waals surface area contributed by atoms with Crippen molar-refractivity contribution in [3.8, 4) is 0 Å². The predicted octanol–water partition coefficient (Wildman–Crippen LogP) is 4.06. The van der Waals surface area contributed by atoms with Crippen molar-refractivity contribution in [1.82, 2.24) is 0 Å². The summed E-state index contributed by atoms with van der Waals surface area (Å²) in [5.41, 5.74) is 1.24. The predicted molar refractivity (Wildman–Crippen MR) is 85.6 cm³/mol. The molecule has 0 amide bonds. The largest absolute Gasteiger partial charge is 0.229 e. The molecule has 0 saturated carbocycles. The number of hydrogen-bond acceptors (Lipinski definition) is 2. The lowest BCUT2D eigenvalue weighted by molar-refractivity contribution is 0.523. The Bertz CT molecular complexity index is 471. The Morgan fingerprint density at radius 1 is 1.26 bits per heavy atom. The van der Waals surface area contributed by atoms with Crippen molar-refractivity contribution in [3.05, 3.63) is 34.3 Å². The lowest BCUT2D eigenvalue weighted by atomic mass is 9.97. The fourth-order valence-electron chi connectivity index (χ4n) is 1.92. The summed E-state index contributed by atoms with van der Waals surface area (Å²) in [4.78, 5) is 0. The fourth-order valence-corrected chi connectivity index (χ4v) is 3.35. The minimum Gasteiger partial charge on any atom is -0.229 e. The van der Waals surface area contributed by atoms with Gasteiger partial charge in [-0.3, -0.25) is 0 Å². The van der Waals surface area contributed by atoms with E-state index in [0.29, 0.717) is 18.2 Å². The Kier molecular flexibility index (Phi) is 7.40. The molecular formula is C14H20BrClO2S. The summed E-state index contributed by atoms with van der Waals surface area (Å²) in [6, 6.07) is 8.18. The van der Waals surface area contributed by atoms with Crippen LogP contribution in [0, 0.1) is 5.92 Å². The number of hydrogen-bond donors (Lipinski definition) is 0. The molecule has 0 radical (unpaired) electrons. The van der Waals surface area contributed by atoms with E-state index in [4.69, 9.17) is 11.6 Å². The monoisotopic (exact) mass is 366 g/mol. The maximum Gasteiger partial charge on any atom is 0.150 e. The molecule has 19 heavy (non-hydrogen) atoms. The van der Waals surface area contributed by atoms with Gasteiger partial charge >= 0.3 is 0 Å². The average molecular weight is 368 g/mol. The Morgan fingerprint density at radius 2 is 1.89 bits per heavy atom. The van der Waals surface area contributed by atoms with Crippen LogP contribution in [0.1, 0.15) is 25.3 Å². The summed E-state index contributed by atoms with van der Waals surface area (Å²) in [5, 5.41) is 0. The molecule has 5 heteroatoms. The number of rotatable bonds is 8. The van der Waals surface area contributed by atoms with E-state index in [1.54, 1.807) is 6.92 Å². The van der Waals surface area contributed by atoms with Gasteiger partial charge in [-0.05, 0) is 42.9 Å². The SMILES string of the molecule is CCS(=O)(=O)CCCC(CCl)Cc1ccc(Br)cc1. The van der Waals surface area contributed by atoms with E-state index >= 15 is 0 Å². The highest BCUT2D eigenvalue weighted by Gasteiger charge is 2.12. The highest BCUT2D eigenvalue weighted by molar-refractivity contribution is 9.10. The van der Waals surface area contributed by atoms with Crippen molar-refractivity contribution in [1.29, 1.82) is 0 Å². The zero-order valence-electron chi connectivity index (χ0n) is 11.1. The summed E-state index contributed by atoms with van der Waals surface area (Å²) in [5.74, 6) is 1.42. The summed E-state index contributed by atoms with van der Waals surface area (Å²) in [6.45, 7) is 1.69. The van der Waals surface area contributed by atoms with Gasteiger partial charge in [0.05, 0.1) is 5.75 Å². The van der Waals surface area contributed by atoms with Crippen molar-refractivity contribution in [2.24, 2.45) is 5.92 Å². The van der Waals surface area contributed by atoms with Gasteiger partial charge in [0.25, 0.3) is 0 Å². The Hall–Kier alpha value is -0.0600. The molecule has 0 aromatic heterocycles. The Labute approximate surface area is 129 Å². The van der Waals surface area contributed by atoms with Crippen molar-refractivity contribution < 1.29 is 8.42 Å². The molecule has 0 bridgehead atoms. The van der Waals surface area contributed by atoms with Crippen LogP contribution in [-0.4, -0.2) is 25.8 Å². The van der Waals surface area contributed by atoms with Crippen LogP contribution in [0.3, 0.4) is 0 Å². The summed E-state index contributed by atoms with van der Waals surface area (Å²) < 4.78 is 23.9. The quantitative estimate of drug-likeness (QED) is 0.649. The number of alkyl halides is 1. The fraction of sp³-hybridized carbons (Fsp3) is 0.571. The molecule has 0 aliphatic carbocycles. The second-order valence-electron chi connectivity index (χ2n) is 4.73. The number of halogens is 2. The number of sulfone groups is 1. The first-order valence-electron chi connectivity index (χ1n) is 6.47. The molecule has 0 heterocycles. The Morgan fingerprint density at radius 3 is 2.42 bits per heavy atom. The highest BCUT2D eigenvalue weighted by atomic mass is 79.9. The lowest BCUT2D eigenvalue weighted by Gasteiger charge is -2.13. The van der Waals surface area contributed by atoms with E-state index in [2.05, 4.69) is 28.1 Å². The summed E-state index contributed by atoms with van der Waals surface area (Å²) in [6.07, 6.45) is 2.46. The van der Waals surface area contributed by atoms with Crippen molar-refractivity contribution in [3.63, 3.8) is 0 Å². The van der Waals surface area contributed by atoms with Crippen molar-refractivity contribution in [2.75, 3.05) is 17.4 Å². The topological polar surface area (TPSA) is 34.1 Å². The summed E-state index contributed by atoms with van der Waals surface area (Å²) >= 11 is 9.38. The van der Waals surface area contributed by atoms with Crippen LogP contribution in [0.2, 0.25) is 0 Å². The van der Waals surface area contributed by atoms with Gasteiger partial charge in [-0.25, -0.2) is 8.42 Å². The van der Waals surface area contributed by atoms with Gasteiger partial charge in [0.15, 0.2) is 0 Å². The third-order valence-electron chi connectivity index (χ3n) is 3.16. The van der Waals surface area contributed by atoms with E-state index in [0.717, 1.165) is 17.3 Å². The van der Waals surface area contributed by atoms with Gasteiger partial charge in [-0.1, -0.05) is 35.0 Å². The zero-order valence-corrected chi connectivity index (χ0v) is 14.3. The van der Waals surface area contributed by atoms with Crippen LogP contribution in [0.15, 0.2) is 28.7 Å². The van der Waals surface area contributed by atoms with Crippen molar-refractivity contribution in [2.45, 2.75) is 26.2 Å². The van der Waals surface area contributed by atoms with Gasteiger partial charge < -0.3 is 0 Å². The smallest absolute Gasteiger partial charge is 0.150 e. The molecular weight excluding hydrogens is 348 g/mol. The molecule has 0 spiro atoms. The van der Waals surface area contributed by atoms with Crippen LogP contribution in [0.4, 0.5) is 0 Å². The molecule has 0 fully saturated rings. The van der Waals surface area contributed by atoms with Gasteiger partial charge in [0.2, 0.25) is 0 Å². The standard InChI is InChI=1S/C14H20BrClO2S/c1-2-19(17,18)9-3-4-13(11-16)10-12-5-7-14(15)8-6-12/h5-8,13H,2-4,9-11H2,1H3. The lowest BCUT2D eigenvalue weighted by Crippen LogP contribution is -2.12. The highest BCUT2D eigenvalue weighted by Crippen LogP contribution is 2.18. The average Bonchev–Trinajstić information content (AvgIpc) is 2.40. The van der Waals surface area contributed by atoms with Gasteiger partial charge in [-0.15, -0.1) is 11.6 Å². The molecule has 0 aliphatic rings. The first-order valence-corrected chi connectivity index (χ1v) is 9.62. The maximum absolute atomic E-state index is 11.4. The van der Waals surface area contributed by atoms with Crippen LogP contribution < -0.4 is 0 Å². The van der Waals surface area contributed by atoms with Gasteiger partial charge in [0, 0.05) is 16.1 Å². The summed E-state index contributed by atoms with van der Waals surface area (Å²) in [7, 11) is -2.85. The van der Waals surface area contributed by atoms with Crippen LogP contribution in [0.5, 0.6) is 0 Å². The molecule has 1 atom stereocenters. The Balaban J connectivity index is 2.44. The van der Waals surface area contributed by atoms with Gasteiger partial charge in [-0.2, -0.15) is 0 Å². The molecule has 1 rings (SSSR count). The van der Waals surface area contributed by atoms with E-state index in [9.17, 15) is 8.42 Å². The van der Waals surface area contributed by atoms with Crippen LogP contribution >= 0.6 is 27.5 Å². The first kappa shape index (κ1) is 17.0. The molecule has 0 aliphatic heterocycles. The molecule has 0 N–H and O–H groups in total. The maximum atomic E-state index is 11.4. The number of benzene rings is 1. The minimum absolute atomic E-state index is 0.227. The van der Waals surface area contributed by atoms with E-state index in [1.165, 1.54) is 5.56 Å². The molecule has 1 aromatic rings. The normalized spacial score (nSPS) is 13.4. The van der Waals surface area contributed by atoms with Gasteiger partial charge in [0.1, 0.15) is 9.84 Å². The van der Waals surface area contributed by atoms with Crippen LogP contribution in [0.25, 0.3) is 0 Å². The molecule has 0 saturated heterocycles. The molecule has 1 aromatic carbocycles. The molecule has 2 nitrogen and oxygen atoms in total.